The maximum atomic E-state index is 11.9. The standard InChI is InChI=1S/C11H13ClN2OS/c12-9-4-5-10(14)11(8-9)16(15)7-3-1-2-6-13/h4-5,8H,1-3,7,14H2. The molecule has 0 spiro atoms. The van der Waals surface area contributed by atoms with E-state index in [9.17, 15) is 4.21 Å². The van der Waals surface area contributed by atoms with Gasteiger partial charge in [0.1, 0.15) is 0 Å². The molecule has 1 aromatic rings. The van der Waals surface area contributed by atoms with E-state index in [1.54, 1.807) is 18.2 Å². The Morgan fingerprint density at radius 1 is 1.44 bits per heavy atom. The third-order valence-electron chi connectivity index (χ3n) is 2.09. The van der Waals surface area contributed by atoms with Crippen LogP contribution in [0.25, 0.3) is 0 Å². The summed E-state index contributed by atoms with van der Waals surface area (Å²) >= 11 is 5.81. The normalized spacial score (nSPS) is 12.0. The number of nitrogen functional groups attached to an aromatic ring is 1. The molecule has 2 N–H and O–H groups in total. The summed E-state index contributed by atoms with van der Waals surface area (Å²) in [6.07, 6.45) is 2.02. The Labute approximate surface area is 103 Å². The summed E-state index contributed by atoms with van der Waals surface area (Å²) in [5, 5.41) is 8.90. The summed E-state index contributed by atoms with van der Waals surface area (Å²) in [5.74, 6) is 0.520. The van der Waals surface area contributed by atoms with Crippen LogP contribution in [-0.4, -0.2) is 9.96 Å². The number of anilines is 1. The summed E-state index contributed by atoms with van der Waals surface area (Å²) in [6.45, 7) is 0. The Morgan fingerprint density at radius 3 is 2.88 bits per heavy atom. The lowest BCUT2D eigenvalue weighted by molar-refractivity contribution is 0.678. The van der Waals surface area contributed by atoms with Gasteiger partial charge < -0.3 is 5.73 Å². The van der Waals surface area contributed by atoms with Crippen molar-refractivity contribution >= 4 is 28.1 Å². The van der Waals surface area contributed by atoms with Crippen molar-refractivity contribution in [3.63, 3.8) is 0 Å². The quantitative estimate of drug-likeness (QED) is 0.651. The van der Waals surface area contributed by atoms with Gasteiger partial charge in [0.05, 0.1) is 21.8 Å². The molecule has 0 aliphatic carbocycles. The van der Waals surface area contributed by atoms with E-state index in [1.807, 2.05) is 0 Å². The van der Waals surface area contributed by atoms with Gasteiger partial charge in [-0.25, -0.2) is 0 Å². The van der Waals surface area contributed by atoms with Gasteiger partial charge in [0.25, 0.3) is 0 Å². The van der Waals surface area contributed by atoms with Crippen LogP contribution in [-0.2, 0) is 10.8 Å². The van der Waals surface area contributed by atoms with Crippen LogP contribution >= 0.6 is 11.6 Å². The molecule has 1 rings (SSSR count). The topological polar surface area (TPSA) is 66.9 Å². The fourth-order valence-corrected chi connectivity index (χ4v) is 2.76. The Kier molecular flexibility index (Phi) is 5.30. The second-order valence-electron chi connectivity index (χ2n) is 3.35. The number of nitrogens with two attached hydrogens (primary N) is 1. The molecule has 1 aromatic carbocycles. The highest BCUT2D eigenvalue weighted by Gasteiger charge is 2.08. The monoisotopic (exact) mass is 256 g/mol. The van der Waals surface area contributed by atoms with Gasteiger partial charge in [-0.15, -0.1) is 0 Å². The Hall–Kier alpha value is -1.05. The van der Waals surface area contributed by atoms with Gasteiger partial charge in [-0.05, 0) is 31.0 Å². The summed E-state index contributed by atoms with van der Waals surface area (Å²) < 4.78 is 11.9. The van der Waals surface area contributed by atoms with Crippen molar-refractivity contribution < 1.29 is 4.21 Å². The third kappa shape index (κ3) is 3.84. The van der Waals surface area contributed by atoms with Crippen LogP contribution in [0.15, 0.2) is 23.1 Å². The van der Waals surface area contributed by atoms with Crippen LogP contribution in [0, 0.1) is 11.3 Å². The second kappa shape index (κ2) is 6.51. The Bertz CT molecular complexity index is 428. The first-order chi connectivity index (χ1) is 7.65. The predicted molar refractivity (Wildman–Crippen MR) is 66.6 cm³/mol. The van der Waals surface area contributed by atoms with E-state index in [0.29, 0.717) is 27.8 Å². The molecule has 0 amide bonds. The molecule has 0 aliphatic heterocycles. The van der Waals surface area contributed by atoms with Crippen molar-refractivity contribution in [2.45, 2.75) is 24.2 Å². The minimum Gasteiger partial charge on any atom is -0.398 e. The largest absolute Gasteiger partial charge is 0.398 e. The second-order valence-corrected chi connectivity index (χ2v) is 5.32. The lowest BCUT2D eigenvalue weighted by Gasteiger charge is -2.05. The van der Waals surface area contributed by atoms with Crippen molar-refractivity contribution in [1.82, 2.24) is 0 Å². The molecule has 1 atom stereocenters. The number of nitriles is 1. The maximum Gasteiger partial charge on any atom is 0.0632 e. The van der Waals surface area contributed by atoms with E-state index in [1.165, 1.54) is 0 Å². The molecule has 16 heavy (non-hydrogen) atoms. The fourth-order valence-electron chi connectivity index (χ4n) is 1.25. The van der Waals surface area contributed by atoms with Gasteiger partial charge in [-0.2, -0.15) is 5.26 Å². The van der Waals surface area contributed by atoms with Crippen molar-refractivity contribution in [3.8, 4) is 6.07 Å². The molecule has 0 bridgehead atoms. The minimum absolute atomic E-state index is 0.502. The molecule has 1 unspecified atom stereocenters. The van der Waals surface area contributed by atoms with Gasteiger partial charge >= 0.3 is 0 Å². The van der Waals surface area contributed by atoms with E-state index in [4.69, 9.17) is 22.6 Å². The van der Waals surface area contributed by atoms with Crippen molar-refractivity contribution in [3.05, 3.63) is 23.2 Å². The van der Waals surface area contributed by atoms with Gasteiger partial charge in [0.2, 0.25) is 0 Å². The van der Waals surface area contributed by atoms with E-state index in [-0.39, 0.29) is 0 Å². The molecule has 0 saturated carbocycles. The summed E-state index contributed by atoms with van der Waals surface area (Å²) in [6, 6.07) is 7.02. The van der Waals surface area contributed by atoms with E-state index < -0.39 is 10.8 Å². The molecule has 0 saturated heterocycles. The number of unbranched alkanes of at least 4 members (excludes halogenated alkanes) is 2. The molecule has 0 radical (unpaired) electrons. The predicted octanol–water partition coefficient (Wildman–Crippen LogP) is 2.72. The zero-order valence-electron chi connectivity index (χ0n) is 8.78. The zero-order chi connectivity index (χ0) is 12.0. The smallest absolute Gasteiger partial charge is 0.0632 e. The average Bonchev–Trinajstić information content (AvgIpc) is 2.27. The number of nitrogens with zero attached hydrogens (tertiary/aromatic N) is 1. The highest BCUT2D eigenvalue weighted by molar-refractivity contribution is 7.85. The van der Waals surface area contributed by atoms with Crippen molar-refractivity contribution in [2.75, 3.05) is 11.5 Å². The molecule has 0 aliphatic rings. The lowest BCUT2D eigenvalue weighted by Crippen LogP contribution is -2.02. The number of benzene rings is 1. The first-order valence-electron chi connectivity index (χ1n) is 4.95. The molecule has 5 heteroatoms. The molecule has 86 valence electrons. The Balaban J connectivity index is 2.59. The van der Waals surface area contributed by atoms with Crippen LogP contribution < -0.4 is 5.73 Å². The third-order valence-corrected chi connectivity index (χ3v) is 3.83. The highest BCUT2D eigenvalue weighted by Crippen LogP contribution is 2.21. The number of rotatable bonds is 5. The number of hydrogen-bond donors (Lipinski definition) is 1. The van der Waals surface area contributed by atoms with Crippen LogP contribution in [0.3, 0.4) is 0 Å². The zero-order valence-corrected chi connectivity index (χ0v) is 10.4. The van der Waals surface area contributed by atoms with Gasteiger partial charge in [0.15, 0.2) is 0 Å². The van der Waals surface area contributed by atoms with Crippen molar-refractivity contribution in [2.24, 2.45) is 0 Å². The van der Waals surface area contributed by atoms with E-state index >= 15 is 0 Å². The average molecular weight is 257 g/mol. The first kappa shape index (κ1) is 13.0. The Morgan fingerprint density at radius 2 is 2.19 bits per heavy atom. The van der Waals surface area contributed by atoms with Gasteiger partial charge in [-0.1, -0.05) is 11.6 Å². The lowest BCUT2D eigenvalue weighted by atomic mass is 10.3. The maximum absolute atomic E-state index is 11.9. The minimum atomic E-state index is -1.13. The van der Waals surface area contributed by atoms with Gasteiger partial charge in [0, 0.05) is 22.9 Å². The summed E-state index contributed by atoms with van der Waals surface area (Å²) in [4.78, 5) is 0.587. The molecular formula is C11H13ClN2OS. The molecule has 0 fully saturated rings. The molecule has 0 heterocycles. The molecule has 3 nitrogen and oxygen atoms in total. The van der Waals surface area contributed by atoms with Crippen LogP contribution in [0.4, 0.5) is 5.69 Å². The van der Waals surface area contributed by atoms with Crippen molar-refractivity contribution in [1.29, 1.82) is 5.26 Å². The van der Waals surface area contributed by atoms with E-state index in [2.05, 4.69) is 6.07 Å². The van der Waals surface area contributed by atoms with Gasteiger partial charge in [-0.3, -0.25) is 4.21 Å². The number of hydrogen-bond acceptors (Lipinski definition) is 3. The summed E-state index contributed by atoms with van der Waals surface area (Å²) in [5.41, 5.74) is 6.22. The first-order valence-corrected chi connectivity index (χ1v) is 6.65. The summed E-state index contributed by atoms with van der Waals surface area (Å²) in [7, 11) is -1.13. The molecule has 0 aromatic heterocycles. The number of halogens is 1. The van der Waals surface area contributed by atoms with Crippen LogP contribution in [0.2, 0.25) is 5.02 Å². The van der Waals surface area contributed by atoms with Crippen LogP contribution in [0.5, 0.6) is 0 Å². The fraction of sp³-hybridized carbons (Fsp3) is 0.364. The molecular weight excluding hydrogens is 244 g/mol. The highest BCUT2D eigenvalue weighted by atomic mass is 35.5. The van der Waals surface area contributed by atoms with E-state index in [0.717, 1.165) is 12.8 Å². The SMILES string of the molecule is N#CCCCCS(=O)c1cc(Cl)ccc1N. The van der Waals surface area contributed by atoms with Crippen LogP contribution in [0.1, 0.15) is 19.3 Å².